The van der Waals surface area contributed by atoms with Crippen LogP contribution >= 0.6 is 0 Å². The second-order valence-corrected chi connectivity index (χ2v) is 16.6. The molecular weight excluding hydrogens is 681 g/mol. The Kier molecular flexibility index (Phi) is 7.39. The number of para-hydroxylation sites is 2. The van der Waals surface area contributed by atoms with Gasteiger partial charge in [-0.15, -0.1) is 0 Å². The summed E-state index contributed by atoms with van der Waals surface area (Å²) in [4.78, 5) is 27.6. The molecule has 6 atom stereocenters. The van der Waals surface area contributed by atoms with E-state index in [1.165, 1.54) is 47.1 Å². The predicted octanol–water partition coefficient (Wildman–Crippen LogP) is 3.64. The number of carbonyl (C=O) groups is 2. The zero-order valence-corrected chi connectivity index (χ0v) is 28.7. The highest BCUT2D eigenvalue weighted by molar-refractivity contribution is 7.89. The van der Waals surface area contributed by atoms with Gasteiger partial charge < -0.3 is 20.1 Å². The first-order valence-electron chi connectivity index (χ1n) is 16.1. The van der Waals surface area contributed by atoms with Gasteiger partial charge in [0.25, 0.3) is 0 Å². The number of rotatable bonds is 7. The first-order chi connectivity index (χ1) is 24.0. The van der Waals surface area contributed by atoms with E-state index in [2.05, 4.69) is 10.6 Å². The lowest BCUT2D eigenvalue weighted by Crippen LogP contribution is -2.61. The van der Waals surface area contributed by atoms with Gasteiger partial charge in [0.1, 0.15) is 24.4 Å². The summed E-state index contributed by atoms with van der Waals surface area (Å²) >= 11 is 0. The maximum absolute atomic E-state index is 14.8. The minimum absolute atomic E-state index is 0.0198. The number of ether oxygens (including phenoxy) is 2. The minimum Gasteiger partial charge on any atom is -0.468 e. The number of sulfonamides is 2. The van der Waals surface area contributed by atoms with Crippen molar-refractivity contribution in [1.82, 2.24) is 8.61 Å². The molecule has 2 fully saturated rings. The molecule has 0 bridgehead atoms. The van der Waals surface area contributed by atoms with Gasteiger partial charge in [-0.1, -0.05) is 72.8 Å². The van der Waals surface area contributed by atoms with Crippen LogP contribution < -0.4 is 10.6 Å². The fourth-order valence-corrected chi connectivity index (χ4v) is 12.5. The van der Waals surface area contributed by atoms with E-state index < -0.39 is 67.2 Å². The molecule has 4 aromatic rings. The van der Waals surface area contributed by atoms with Crippen molar-refractivity contribution in [3.63, 3.8) is 0 Å². The van der Waals surface area contributed by atoms with E-state index in [-0.39, 0.29) is 22.6 Å². The molecule has 8 rings (SSSR count). The lowest BCUT2D eigenvalue weighted by molar-refractivity contribution is -0.145. The number of benzene rings is 4. The topological polar surface area (TPSA) is 151 Å². The smallest absolute Gasteiger partial charge is 0.324 e. The van der Waals surface area contributed by atoms with Crippen molar-refractivity contribution < 1.29 is 35.9 Å². The third-order valence-corrected chi connectivity index (χ3v) is 14.6. The Morgan fingerprint density at radius 2 is 0.920 bits per heavy atom. The Hall–Kier alpha value is -4.76. The molecule has 0 amide bonds. The third kappa shape index (κ3) is 4.16. The molecule has 4 heterocycles. The highest BCUT2D eigenvalue weighted by Gasteiger charge is 2.78. The van der Waals surface area contributed by atoms with Gasteiger partial charge in [0.05, 0.1) is 24.0 Å². The molecular formula is C36H34N4O8S2. The largest absolute Gasteiger partial charge is 0.468 e. The van der Waals surface area contributed by atoms with Crippen LogP contribution in [0.3, 0.4) is 0 Å². The van der Waals surface area contributed by atoms with Crippen LogP contribution in [0.5, 0.6) is 0 Å². The molecule has 12 nitrogen and oxygen atoms in total. The second kappa shape index (κ2) is 11.4. The zero-order valence-electron chi connectivity index (χ0n) is 27.1. The quantitative estimate of drug-likeness (QED) is 0.272. The Labute approximate surface area is 290 Å². The number of nitrogens with zero attached hydrogens (tertiary/aromatic N) is 2. The third-order valence-electron chi connectivity index (χ3n) is 10.9. The lowest BCUT2D eigenvalue weighted by Gasteiger charge is -2.48. The highest BCUT2D eigenvalue weighted by atomic mass is 32.2. The molecule has 258 valence electrons. The summed E-state index contributed by atoms with van der Waals surface area (Å²) in [6.07, 6.45) is -2.38. The second-order valence-electron chi connectivity index (χ2n) is 12.9. The monoisotopic (exact) mass is 714 g/mol. The van der Waals surface area contributed by atoms with Gasteiger partial charge in [0, 0.05) is 22.2 Å². The van der Waals surface area contributed by atoms with Crippen LogP contribution in [-0.2, 0) is 49.9 Å². The molecule has 0 spiro atoms. The van der Waals surface area contributed by atoms with Gasteiger partial charge in [-0.3, -0.25) is 9.59 Å². The highest BCUT2D eigenvalue weighted by Crippen LogP contribution is 2.69. The first kappa shape index (κ1) is 32.4. The molecule has 0 saturated carbocycles. The summed E-state index contributed by atoms with van der Waals surface area (Å²) in [5, 5.41) is 6.92. The maximum Gasteiger partial charge on any atom is 0.324 e. The average molecular weight is 715 g/mol. The van der Waals surface area contributed by atoms with Crippen LogP contribution in [0.1, 0.15) is 24.0 Å². The molecule has 14 heteroatoms. The van der Waals surface area contributed by atoms with Crippen molar-refractivity contribution in [1.29, 1.82) is 0 Å². The molecule has 0 aliphatic carbocycles. The summed E-state index contributed by atoms with van der Waals surface area (Å²) < 4.78 is 72.0. The van der Waals surface area contributed by atoms with Gasteiger partial charge in [0.15, 0.2) is 0 Å². The molecule has 2 N–H and O–H groups in total. The van der Waals surface area contributed by atoms with Gasteiger partial charge >= 0.3 is 11.9 Å². The summed E-state index contributed by atoms with van der Waals surface area (Å²) in [6, 6.07) is 27.8. The van der Waals surface area contributed by atoms with Gasteiger partial charge in [-0.25, -0.2) is 16.8 Å². The Morgan fingerprint density at radius 3 is 1.28 bits per heavy atom. The Morgan fingerprint density at radius 1 is 0.580 bits per heavy atom. The number of anilines is 2. The Balaban J connectivity index is 1.45. The molecule has 4 aromatic carbocycles. The zero-order chi connectivity index (χ0) is 35.1. The van der Waals surface area contributed by atoms with Crippen LogP contribution in [0.4, 0.5) is 11.4 Å². The van der Waals surface area contributed by atoms with E-state index >= 15 is 0 Å². The van der Waals surface area contributed by atoms with Crippen LogP contribution in [0.15, 0.2) is 119 Å². The van der Waals surface area contributed by atoms with Crippen molar-refractivity contribution in [3.8, 4) is 0 Å². The van der Waals surface area contributed by atoms with Gasteiger partial charge in [-0.05, 0) is 60.4 Å². The molecule has 4 aliphatic heterocycles. The molecule has 4 aliphatic rings. The molecule has 0 aromatic heterocycles. The van der Waals surface area contributed by atoms with Crippen molar-refractivity contribution in [3.05, 3.63) is 120 Å². The van der Waals surface area contributed by atoms with E-state index in [0.717, 1.165) is 0 Å². The summed E-state index contributed by atoms with van der Waals surface area (Å²) in [7, 11) is -6.35. The summed E-state index contributed by atoms with van der Waals surface area (Å²) in [5.74, 6) is -1.53. The predicted molar refractivity (Wildman–Crippen MR) is 183 cm³/mol. The SMILES string of the molecule is COC(=O)[C@@H]1C[C@@]2([C@@]34C[C@@H](C(=O)OC)N(S(=O)(=O)c5ccccc5)[C@@H]3Nc3ccccc34)c3ccccc3N[C@H]2N1S(=O)(=O)c1ccccc1. The summed E-state index contributed by atoms with van der Waals surface area (Å²) in [5.41, 5.74) is -0.0218. The number of hydrogen-bond acceptors (Lipinski definition) is 10. The number of methoxy groups -OCH3 is 2. The average Bonchev–Trinajstić information content (AvgIpc) is 3.86. The van der Waals surface area contributed by atoms with Crippen molar-refractivity contribution in [2.75, 3.05) is 24.9 Å². The number of esters is 2. The van der Waals surface area contributed by atoms with Crippen LogP contribution in [0, 0.1) is 0 Å². The lowest BCUT2D eigenvalue weighted by atomic mass is 9.54. The minimum atomic E-state index is -4.39. The normalized spacial score (nSPS) is 28.4. The first-order valence-corrected chi connectivity index (χ1v) is 19.0. The standard InChI is InChI=1S/C36H34N4O8S2/c1-47-31(41)29-21-35(25-17-9-11-19-27(25)37-33(35)39(29)49(43,44)23-13-5-3-6-14-23)36-22-30(32(42)48-2)40(50(45,46)24-15-7-4-8-16-24)34(36)38-28-20-12-10-18-26(28)36/h3-20,29-30,33-34,37-38H,21-22H2,1-2H3/t29-,30-,33-,34-,35+,36+/m0/s1. The number of hydrogen-bond donors (Lipinski definition) is 2. The van der Waals surface area contributed by atoms with Crippen molar-refractivity contribution >= 4 is 43.4 Å². The van der Waals surface area contributed by atoms with Gasteiger partial charge in [-0.2, -0.15) is 8.61 Å². The Bertz CT molecular complexity index is 2080. The van der Waals surface area contributed by atoms with Crippen molar-refractivity contribution in [2.24, 2.45) is 0 Å². The van der Waals surface area contributed by atoms with Crippen LogP contribution in [-0.4, -0.2) is 76.0 Å². The van der Waals surface area contributed by atoms with E-state index in [9.17, 15) is 26.4 Å². The number of carbonyl (C=O) groups excluding carboxylic acids is 2. The summed E-state index contributed by atoms with van der Waals surface area (Å²) in [6.45, 7) is 0. The maximum atomic E-state index is 14.8. The van der Waals surface area contributed by atoms with E-state index in [1.54, 1.807) is 36.4 Å². The molecule has 2 saturated heterocycles. The molecule has 0 unspecified atom stereocenters. The van der Waals surface area contributed by atoms with Gasteiger partial charge in [0.2, 0.25) is 20.0 Å². The van der Waals surface area contributed by atoms with Crippen LogP contribution in [0.25, 0.3) is 0 Å². The molecule has 50 heavy (non-hydrogen) atoms. The number of nitrogens with one attached hydrogen (secondary N) is 2. The van der Waals surface area contributed by atoms with Crippen molar-refractivity contribution in [2.45, 2.75) is 57.9 Å². The fourth-order valence-electron chi connectivity index (χ4n) is 9.01. The van der Waals surface area contributed by atoms with Crippen LogP contribution in [0.2, 0.25) is 0 Å². The van der Waals surface area contributed by atoms with E-state index in [4.69, 9.17) is 9.47 Å². The number of fused-ring (bicyclic) bond motifs is 7. The van der Waals surface area contributed by atoms with E-state index in [0.29, 0.717) is 22.5 Å². The molecule has 0 radical (unpaired) electrons. The van der Waals surface area contributed by atoms with E-state index in [1.807, 2.05) is 48.5 Å². The fraction of sp³-hybridized carbons (Fsp3) is 0.278.